The van der Waals surface area contributed by atoms with Crippen LogP contribution in [0.5, 0.6) is 0 Å². The van der Waals surface area contributed by atoms with Gasteiger partial charge in [0.1, 0.15) is 54.4 Å². The number of rotatable bonds is 41. The van der Waals surface area contributed by atoms with Gasteiger partial charge in [-0.15, -0.1) is 0 Å². The Morgan fingerprint density at radius 3 is 1.57 bits per heavy atom. The summed E-state index contributed by atoms with van der Waals surface area (Å²) in [6.07, 6.45) is 0.387. The molecule has 2 aromatic carbocycles. The summed E-state index contributed by atoms with van der Waals surface area (Å²) in [5.74, 6) is -13.0. The van der Waals surface area contributed by atoms with E-state index in [-0.39, 0.29) is 88.4 Å². The molecule has 0 radical (unpaired) electrons. The molecule has 31 heteroatoms. The maximum atomic E-state index is 14.5. The first-order valence-electron chi connectivity index (χ1n) is 29.7. The molecule has 12 atom stereocenters. The third kappa shape index (κ3) is 26.7. The number of guanidine groups is 1. The molecule has 0 aliphatic rings. The summed E-state index contributed by atoms with van der Waals surface area (Å²) in [6.45, 7) is 7.09. The molecular formula is C59H90N16O15. The number of aliphatic imine (C=N–C) groups is 1. The monoisotopic (exact) mass is 1260 g/mol. The molecule has 90 heavy (non-hydrogen) atoms. The van der Waals surface area contributed by atoms with E-state index in [1.807, 2.05) is 13.8 Å². The number of nitrogens with two attached hydrogens (primary N) is 4. The molecule has 0 spiro atoms. The Labute approximate surface area is 521 Å². The number of hydrogen-bond acceptors (Lipinski definition) is 17. The van der Waals surface area contributed by atoms with Gasteiger partial charge in [-0.05, 0) is 81.4 Å². The van der Waals surface area contributed by atoms with Crippen LogP contribution in [0.3, 0.4) is 0 Å². The second-order valence-corrected chi connectivity index (χ2v) is 22.3. The van der Waals surface area contributed by atoms with E-state index in [0.717, 1.165) is 12.5 Å². The fourth-order valence-corrected chi connectivity index (χ4v) is 9.16. The molecule has 0 saturated carbocycles. The van der Waals surface area contributed by atoms with Crippen LogP contribution >= 0.6 is 0 Å². The highest BCUT2D eigenvalue weighted by Crippen LogP contribution is 2.14. The maximum Gasteiger partial charge on any atom is 0.326 e. The van der Waals surface area contributed by atoms with Gasteiger partial charge >= 0.3 is 11.9 Å². The van der Waals surface area contributed by atoms with Gasteiger partial charge in [0.25, 0.3) is 0 Å². The summed E-state index contributed by atoms with van der Waals surface area (Å²) in [7, 11) is 0. The van der Waals surface area contributed by atoms with E-state index in [9.17, 15) is 73.2 Å². The molecule has 1 heterocycles. The highest BCUT2D eigenvalue weighted by Gasteiger charge is 2.38. The Kier molecular flexibility index (Phi) is 32.6. The molecule has 0 fully saturated rings. The standard InChI is InChI=1S/C59H90N16O15/c1-6-33(4)47(56(87)73-45(30-76)55(86)75-48(34(5)77)57(88)72-44(58(89)90)26-36-18-11-8-12-19-36)74-51(82)40(21-15-23-65-59(62)63)68-53(84)42(27-37-29-64-31-66-37)70-54(85)43(28-46(78)79)71-50(81)39(20-13-14-22-60)67-52(83)41(24-32(2)3)69-49(80)38(61)25-35-16-9-7-10-17-35/h7-12,16-19,29,31-34,38-45,47-48,76-77H,6,13-15,20-28,30,60-61H2,1-5H3,(H,64,66)(H,67,83)(H,68,84)(H,69,80)(H,70,85)(H,71,81)(H,72,88)(H,73,87)(H,74,82)(H,75,86)(H,78,79)(H,89,90)(H4,62,63,65)/t33-,34+,38-,39-,40-,41-,42-,43-,44-,45-,47-,48-/m0/s1. The van der Waals surface area contributed by atoms with Gasteiger partial charge in [-0.3, -0.25) is 52.9 Å². The Balaban J connectivity index is 1.91. The number of imidazole rings is 1. The number of amides is 9. The molecule has 1 aromatic heterocycles. The first-order valence-corrected chi connectivity index (χ1v) is 29.7. The largest absolute Gasteiger partial charge is 0.481 e. The molecule has 0 bridgehead atoms. The quantitative estimate of drug-likeness (QED) is 0.0148. The molecule has 0 unspecified atom stereocenters. The minimum atomic E-state index is -1.90. The number of aromatic nitrogens is 2. The predicted octanol–water partition coefficient (Wildman–Crippen LogP) is -3.66. The van der Waals surface area contributed by atoms with Gasteiger partial charge in [0.05, 0.1) is 31.5 Å². The highest BCUT2D eigenvalue weighted by molar-refractivity contribution is 5.99. The number of hydrogen-bond donors (Lipinski definition) is 18. The molecule has 9 amide bonds. The van der Waals surface area contributed by atoms with Crippen LogP contribution in [0.1, 0.15) is 103 Å². The van der Waals surface area contributed by atoms with Crippen molar-refractivity contribution < 1.29 is 73.2 Å². The summed E-state index contributed by atoms with van der Waals surface area (Å²) in [5, 5.41) is 63.0. The smallest absolute Gasteiger partial charge is 0.326 e. The van der Waals surface area contributed by atoms with Crippen molar-refractivity contribution in [2.45, 2.75) is 172 Å². The van der Waals surface area contributed by atoms with Crippen molar-refractivity contribution in [2.24, 2.45) is 39.8 Å². The van der Waals surface area contributed by atoms with Crippen LogP contribution in [-0.4, -0.2) is 188 Å². The normalized spacial score (nSPS) is 15.1. The number of carboxylic acid groups (broad SMARTS) is 2. The van der Waals surface area contributed by atoms with Crippen molar-refractivity contribution in [3.63, 3.8) is 0 Å². The number of aliphatic hydroxyl groups excluding tert-OH is 2. The van der Waals surface area contributed by atoms with Crippen molar-refractivity contribution in [3.05, 3.63) is 90.0 Å². The number of aliphatic hydroxyl groups is 2. The molecule has 496 valence electrons. The first kappa shape index (κ1) is 75.2. The summed E-state index contributed by atoms with van der Waals surface area (Å²) in [6, 6.07) is 1.97. The lowest BCUT2D eigenvalue weighted by molar-refractivity contribution is -0.143. The third-order valence-corrected chi connectivity index (χ3v) is 14.3. The predicted molar refractivity (Wildman–Crippen MR) is 328 cm³/mol. The average molecular weight is 1260 g/mol. The van der Waals surface area contributed by atoms with Crippen LogP contribution in [0, 0.1) is 11.8 Å². The number of H-pyrrole nitrogens is 1. The zero-order valence-corrected chi connectivity index (χ0v) is 51.3. The molecule has 3 aromatic rings. The second-order valence-electron chi connectivity index (χ2n) is 22.3. The molecular weight excluding hydrogens is 1170 g/mol. The summed E-state index contributed by atoms with van der Waals surface area (Å²) >= 11 is 0. The van der Waals surface area contributed by atoms with Crippen LogP contribution in [0.2, 0.25) is 0 Å². The molecule has 0 aliphatic carbocycles. The Bertz CT molecular complexity index is 2840. The van der Waals surface area contributed by atoms with Crippen molar-refractivity contribution in [1.29, 1.82) is 0 Å². The van der Waals surface area contributed by atoms with Gasteiger partial charge in [-0.2, -0.15) is 0 Å². The van der Waals surface area contributed by atoms with Gasteiger partial charge < -0.3 is 96.2 Å². The lowest BCUT2D eigenvalue weighted by Crippen LogP contribution is -2.62. The number of nitrogens with one attached hydrogen (secondary N) is 10. The van der Waals surface area contributed by atoms with E-state index in [1.165, 1.54) is 12.5 Å². The summed E-state index contributed by atoms with van der Waals surface area (Å²) in [5.41, 5.74) is 24.7. The van der Waals surface area contributed by atoms with Crippen molar-refractivity contribution in [2.75, 3.05) is 19.7 Å². The van der Waals surface area contributed by atoms with Gasteiger partial charge in [-0.1, -0.05) is 94.8 Å². The highest BCUT2D eigenvalue weighted by atomic mass is 16.4. The fraction of sp³-hybridized carbons (Fsp3) is 0.542. The number of carbonyl (C=O) groups excluding carboxylic acids is 9. The SMILES string of the molecule is CC[C@H](C)[C@H](NC(=O)[C@H](CCCN=C(N)N)NC(=O)[C@H](Cc1cnc[nH]1)NC(=O)[C@H](CC(=O)O)NC(=O)[C@H](CCCCN)NC(=O)[C@H](CC(C)C)NC(=O)[C@@H](N)Cc1ccccc1)C(=O)N[C@@H](CO)C(=O)N[C@H](C(=O)N[C@@H](Cc1ccccc1)C(=O)O)[C@@H](C)O. The van der Waals surface area contributed by atoms with Gasteiger partial charge in [0, 0.05) is 31.3 Å². The molecule has 3 rings (SSSR count). The molecule has 0 saturated heterocycles. The number of nitrogens with zero attached hydrogens (tertiary/aromatic N) is 2. The Hall–Kier alpha value is -9.07. The van der Waals surface area contributed by atoms with E-state index in [1.54, 1.807) is 74.5 Å². The van der Waals surface area contributed by atoms with E-state index < -0.39 is 151 Å². The van der Waals surface area contributed by atoms with E-state index in [4.69, 9.17) is 22.9 Å². The van der Waals surface area contributed by atoms with E-state index in [2.05, 4.69) is 62.8 Å². The minimum absolute atomic E-state index is 0.0281. The summed E-state index contributed by atoms with van der Waals surface area (Å²) < 4.78 is 0. The molecule has 22 N–H and O–H groups in total. The number of carbonyl (C=O) groups is 11. The number of carboxylic acids is 2. The van der Waals surface area contributed by atoms with E-state index >= 15 is 0 Å². The second kappa shape index (κ2) is 39.0. The number of benzene rings is 2. The fourth-order valence-electron chi connectivity index (χ4n) is 9.16. The lowest BCUT2D eigenvalue weighted by atomic mass is 9.97. The third-order valence-electron chi connectivity index (χ3n) is 14.3. The van der Waals surface area contributed by atoms with Crippen LogP contribution in [0.25, 0.3) is 0 Å². The van der Waals surface area contributed by atoms with Crippen LogP contribution < -0.4 is 70.8 Å². The Morgan fingerprint density at radius 2 is 1.04 bits per heavy atom. The zero-order chi connectivity index (χ0) is 67.0. The Morgan fingerprint density at radius 1 is 0.567 bits per heavy atom. The average Bonchev–Trinajstić information content (AvgIpc) is 1.45. The van der Waals surface area contributed by atoms with Gasteiger partial charge in [0.15, 0.2) is 5.96 Å². The van der Waals surface area contributed by atoms with Crippen molar-refractivity contribution in [3.8, 4) is 0 Å². The van der Waals surface area contributed by atoms with Crippen LogP contribution in [0.15, 0.2) is 78.2 Å². The summed E-state index contributed by atoms with van der Waals surface area (Å²) in [4.78, 5) is 161. The zero-order valence-electron chi connectivity index (χ0n) is 51.3. The number of aromatic amines is 1. The number of aliphatic carboxylic acids is 2. The van der Waals surface area contributed by atoms with E-state index in [0.29, 0.717) is 12.0 Å². The van der Waals surface area contributed by atoms with Crippen molar-refractivity contribution in [1.82, 2.24) is 57.8 Å². The maximum absolute atomic E-state index is 14.5. The number of unbranched alkanes of at least 4 members (excludes halogenated alkanes) is 1. The van der Waals surface area contributed by atoms with Gasteiger partial charge in [-0.25, -0.2) is 9.78 Å². The first-order chi connectivity index (χ1) is 42.7. The lowest BCUT2D eigenvalue weighted by Gasteiger charge is -2.29. The van der Waals surface area contributed by atoms with Crippen molar-refractivity contribution >= 4 is 71.1 Å². The van der Waals surface area contributed by atoms with Gasteiger partial charge in [0.2, 0.25) is 53.2 Å². The molecule has 0 aliphatic heterocycles. The van der Waals surface area contributed by atoms with Crippen LogP contribution in [0.4, 0.5) is 0 Å². The van der Waals surface area contributed by atoms with Crippen LogP contribution in [-0.2, 0) is 72.0 Å². The topological polar surface area (TPSA) is 522 Å². The minimum Gasteiger partial charge on any atom is -0.481 e. The molecule has 31 nitrogen and oxygen atoms in total.